The van der Waals surface area contributed by atoms with Gasteiger partial charge in [0.05, 0.1) is 27.1 Å². The molecule has 0 aliphatic carbocycles. The molecular formula is C18H27NO4. The van der Waals surface area contributed by atoms with Crippen LogP contribution >= 0.6 is 0 Å². The van der Waals surface area contributed by atoms with Gasteiger partial charge in [0.25, 0.3) is 0 Å². The van der Waals surface area contributed by atoms with E-state index in [9.17, 15) is 9.59 Å². The first-order chi connectivity index (χ1) is 10.9. The molecule has 0 spiro atoms. The molecule has 128 valence electrons. The summed E-state index contributed by atoms with van der Waals surface area (Å²) in [7, 11) is 2.76. The summed E-state index contributed by atoms with van der Waals surface area (Å²) in [6.07, 6.45) is 0.562. The zero-order chi connectivity index (χ0) is 17.4. The van der Waals surface area contributed by atoms with E-state index in [1.165, 1.54) is 19.8 Å². The Hall–Kier alpha value is -2.04. The number of ether oxygens (including phenoxy) is 2. The first-order valence-corrected chi connectivity index (χ1v) is 7.88. The number of rotatable bonds is 8. The maximum atomic E-state index is 11.5. The number of nitrogens with zero attached hydrogens (tertiary/aromatic N) is 1. The molecule has 0 saturated carbocycles. The fourth-order valence-corrected chi connectivity index (χ4v) is 2.34. The molecule has 1 aromatic carbocycles. The summed E-state index contributed by atoms with van der Waals surface area (Å²) >= 11 is 0. The molecule has 1 aromatic rings. The van der Waals surface area contributed by atoms with Gasteiger partial charge in [-0.15, -0.1) is 0 Å². The van der Waals surface area contributed by atoms with E-state index in [1.807, 2.05) is 6.92 Å². The Bertz CT molecular complexity index is 520. The van der Waals surface area contributed by atoms with Crippen LogP contribution in [-0.2, 0) is 19.1 Å². The van der Waals surface area contributed by atoms with E-state index in [0.717, 1.165) is 11.3 Å². The van der Waals surface area contributed by atoms with Crippen molar-refractivity contribution in [1.82, 2.24) is 0 Å². The molecule has 5 nitrogen and oxygen atoms in total. The molecule has 5 heteroatoms. The van der Waals surface area contributed by atoms with Crippen LogP contribution in [0.4, 0.5) is 5.69 Å². The summed E-state index contributed by atoms with van der Waals surface area (Å²) in [4.78, 5) is 25.0. The quantitative estimate of drug-likeness (QED) is 0.689. The molecule has 0 aliphatic heterocycles. The smallest absolute Gasteiger partial charge is 0.307 e. The fraction of sp³-hybridized carbons (Fsp3) is 0.556. The van der Waals surface area contributed by atoms with Crippen molar-refractivity contribution >= 4 is 17.6 Å². The van der Waals surface area contributed by atoms with Crippen molar-refractivity contribution in [3.8, 4) is 0 Å². The Morgan fingerprint density at radius 1 is 1.04 bits per heavy atom. The van der Waals surface area contributed by atoms with Crippen LogP contribution in [0.2, 0.25) is 0 Å². The highest BCUT2D eigenvalue weighted by Crippen LogP contribution is 2.26. The summed E-state index contributed by atoms with van der Waals surface area (Å²) in [5.74, 6) is -0.103. The van der Waals surface area contributed by atoms with Gasteiger partial charge in [-0.3, -0.25) is 9.59 Å². The van der Waals surface area contributed by atoms with Gasteiger partial charge in [-0.05, 0) is 30.0 Å². The minimum Gasteiger partial charge on any atom is -0.469 e. The van der Waals surface area contributed by atoms with Crippen molar-refractivity contribution in [3.05, 3.63) is 29.3 Å². The Morgan fingerprint density at radius 2 is 1.57 bits per heavy atom. The highest BCUT2D eigenvalue weighted by atomic mass is 16.5. The third kappa shape index (κ3) is 5.93. The number of hydrogen-bond donors (Lipinski definition) is 0. The number of carbonyl (C=O) groups is 2. The molecular weight excluding hydrogens is 294 g/mol. The lowest BCUT2D eigenvalue weighted by atomic mass is 10.00. The summed E-state index contributed by atoms with van der Waals surface area (Å²) in [5.41, 5.74) is 3.39. The van der Waals surface area contributed by atoms with Gasteiger partial charge in [-0.1, -0.05) is 26.0 Å². The van der Waals surface area contributed by atoms with E-state index < -0.39 is 0 Å². The van der Waals surface area contributed by atoms with Crippen molar-refractivity contribution in [3.63, 3.8) is 0 Å². The van der Waals surface area contributed by atoms with Gasteiger partial charge in [-0.2, -0.15) is 0 Å². The maximum absolute atomic E-state index is 11.5. The lowest BCUT2D eigenvalue weighted by molar-refractivity contribution is -0.140. The van der Waals surface area contributed by atoms with Crippen LogP contribution in [0, 0.1) is 6.92 Å². The molecule has 0 amide bonds. The molecule has 0 saturated heterocycles. The second kappa shape index (κ2) is 9.18. The van der Waals surface area contributed by atoms with Gasteiger partial charge in [0.15, 0.2) is 0 Å². The lowest BCUT2D eigenvalue weighted by Gasteiger charge is -2.27. The molecule has 0 N–H and O–H groups in total. The fourth-order valence-electron chi connectivity index (χ4n) is 2.34. The molecule has 0 atom stereocenters. The minimum atomic E-state index is -0.259. The summed E-state index contributed by atoms with van der Waals surface area (Å²) in [6, 6.07) is 6.32. The molecule has 0 bridgehead atoms. The minimum absolute atomic E-state index is 0.259. The first-order valence-electron chi connectivity index (χ1n) is 7.88. The Labute approximate surface area is 138 Å². The highest BCUT2D eigenvalue weighted by Gasteiger charge is 2.15. The van der Waals surface area contributed by atoms with Crippen LogP contribution in [0.3, 0.4) is 0 Å². The van der Waals surface area contributed by atoms with Gasteiger partial charge in [0.2, 0.25) is 0 Å². The zero-order valence-electron chi connectivity index (χ0n) is 14.7. The monoisotopic (exact) mass is 321 g/mol. The molecule has 1 rings (SSSR count). The van der Waals surface area contributed by atoms with Crippen LogP contribution in [-0.4, -0.2) is 39.2 Å². The van der Waals surface area contributed by atoms with E-state index in [4.69, 9.17) is 9.47 Å². The third-order valence-electron chi connectivity index (χ3n) is 3.87. The van der Waals surface area contributed by atoms with Crippen molar-refractivity contribution in [1.29, 1.82) is 0 Å². The van der Waals surface area contributed by atoms with E-state index in [2.05, 4.69) is 36.9 Å². The lowest BCUT2D eigenvalue weighted by Crippen LogP contribution is -2.30. The van der Waals surface area contributed by atoms with Crippen LogP contribution < -0.4 is 4.90 Å². The highest BCUT2D eigenvalue weighted by molar-refractivity contribution is 5.71. The van der Waals surface area contributed by atoms with Crippen molar-refractivity contribution in [2.75, 3.05) is 32.2 Å². The summed E-state index contributed by atoms with van der Waals surface area (Å²) in [5, 5.41) is 0. The standard InChI is InChI=1S/C18H27NO4/c1-13(2)15-7-6-14(3)16(12-15)19(10-8-17(20)22-4)11-9-18(21)23-5/h6-7,12-13H,8-11H2,1-5H3. The summed E-state index contributed by atoms with van der Waals surface area (Å²) < 4.78 is 9.44. The Kier molecular flexibility index (Phi) is 7.59. The number of hydrogen-bond acceptors (Lipinski definition) is 5. The van der Waals surface area contributed by atoms with E-state index >= 15 is 0 Å². The van der Waals surface area contributed by atoms with Crippen molar-refractivity contribution in [2.45, 2.75) is 39.5 Å². The van der Waals surface area contributed by atoms with Gasteiger partial charge in [-0.25, -0.2) is 0 Å². The van der Waals surface area contributed by atoms with Crippen LogP contribution in [0.25, 0.3) is 0 Å². The Balaban J connectivity index is 2.99. The molecule has 0 fully saturated rings. The second-order valence-electron chi connectivity index (χ2n) is 5.84. The predicted molar refractivity (Wildman–Crippen MR) is 90.7 cm³/mol. The summed E-state index contributed by atoms with van der Waals surface area (Å²) in [6.45, 7) is 7.32. The van der Waals surface area contributed by atoms with E-state index in [-0.39, 0.29) is 24.8 Å². The molecule has 0 aromatic heterocycles. The first kappa shape index (κ1) is 19.0. The molecule has 23 heavy (non-hydrogen) atoms. The maximum Gasteiger partial charge on any atom is 0.307 e. The van der Waals surface area contributed by atoms with Crippen molar-refractivity contribution < 1.29 is 19.1 Å². The topological polar surface area (TPSA) is 55.8 Å². The number of anilines is 1. The average molecular weight is 321 g/mol. The van der Waals surface area contributed by atoms with E-state index in [1.54, 1.807) is 0 Å². The van der Waals surface area contributed by atoms with Gasteiger partial charge < -0.3 is 14.4 Å². The largest absolute Gasteiger partial charge is 0.469 e. The Morgan fingerprint density at radius 3 is 2.00 bits per heavy atom. The van der Waals surface area contributed by atoms with Crippen molar-refractivity contribution in [2.24, 2.45) is 0 Å². The molecule has 0 aliphatic rings. The van der Waals surface area contributed by atoms with Crippen LogP contribution in [0.15, 0.2) is 18.2 Å². The van der Waals surface area contributed by atoms with Gasteiger partial charge >= 0.3 is 11.9 Å². The van der Waals surface area contributed by atoms with Gasteiger partial charge in [0, 0.05) is 18.8 Å². The number of esters is 2. The number of benzene rings is 1. The molecule has 0 heterocycles. The average Bonchev–Trinajstić information content (AvgIpc) is 2.54. The normalized spacial score (nSPS) is 10.5. The van der Waals surface area contributed by atoms with Crippen LogP contribution in [0.1, 0.15) is 43.7 Å². The van der Waals surface area contributed by atoms with Crippen LogP contribution in [0.5, 0.6) is 0 Å². The number of carbonyl (C=O) groups excluding carboxylic acids is 2. The molecule has 0 radical (unpaired) electrons. The third-order valence-corrected chi connectivity index (χ3v) is 3.87. The zero-order valence-corrected chi connectivity index (χ0v) is 14.7. The van der Waals surface area contributed by atoms with Gasteiger partial charge in [0.1, 0.15) is 0 Å². The molecule has 0 unspecified atom stereocenters. The number of methoxy groups -OCH3 is 2. The number of aryl methyl sites for hydroxylation is 1. The SMILES string of the molecule is COC(=O)CCN(CCC(=O)OC)c1cc(C(C)C)ccc1C. The van der Waals surface area contributed by atoms with E-state index in [0.29, 0.717) is 19.0 Å². The second-order valence-corrected chi connectivity index (χ2v) is 5.84. The predicted octanol–water partition coefficient (Wildman–Crippen LogP) is 3.05.